The van der Waals surface area contributed by atoms with Crippen LogP contribution in [-0.2, 0) is 27.4 Å². The number of halogens is 2. The molecule has 2 N–H and O–H groups in total. The number of pyridine rings is 1. The molecule has 0 bridgehead atoms. The van der Waals surface area contributed by atoms with Crippen molar-refractivity contribution in [2.75, 3.05) is 57.1 Å². The molecule has 4 aromatic rings. The van der Waals surface area contributed by atoms with Crippen LogP contribution in [0.25, 0.3) is 32.2 Å². The summed E-state index contributed by atoms with van der Waals surface area (Å²) in [6.07, 6.45) is 3.57. The van der Waals surface area contributed by atoms with Crippen LogP contribution >= 0.6 is 11.3 Å². The Labute approximate surface area is 238 Å². The Hall–Kier alpha value is -3.54. The van der Waals surface area contributed by atoms with Crippen LogP contribution in [0.3, 0.4) is 0 Å². The van der Waals surface area contributed by atoms with Crippen LogP contribution < -0.4 is 10.6 Å². The van der Waals surface area contributed by atoms with Crippen LogP contribution in [0.15, 0.2) is 12.4 Å². The van der Waals surface area contributed by atoms with Gasteiger partial charge in [-0.3, -0.25) is 9.88 Å². The Morgan fingerprint density at radius 2 is 1.98 bits per heavy atom. The molecule has 0 amide bonds. The zero-order chi connectivity index (χ0) is 28.2. The lowest BCUT2D eigenvalue weighted by molar-refractivity contribution is 0.0421. The SMILES string of the molecule is COC1CN(c2ncc3c4c(c(-c5ncc(F)c6sc(N)c(C#N)c56)c(F)c3n2)COC4)CC1N1CCCOCC1. The van der Waals surface area contributed by atoms with Gasteiger partial charge in [0.1, 0.15) is 16.6 Å². The predicted molar refractivity (Wildman–Crippen MR) is 149 cm³/mol. The average Bonchev–Trinajstić information content (AvgIpc) is 3.66. The monoisotopic (exact) mass is 579 g/mol. The van der Waals surface area contributed by atoms with Gasteiger partial charge in [0.15, 0.2) is 11.6 Å². The molecule has 41 heavy (non-hydrogen) atoms. The van der Waals surface area contributed by atoms with Gasteiger partial charge in [-0.15, -0.1) is 11.3 Å². The highest BCUT2D eigenvalue weighted by molar-refractivity contribution is 7.23. The standard InChI is InChI=1S/C28H27F2N7O3S/c1-38-20-11-37(10-19(20)36-3-2-5-39-6-4-36)28-34-8-15-16-12-40-13-17(16)21(23(30)24(15)35-28)25-22-14(7-31)27(32)41-26(22)18(29)9-33-25/h8-9,19-20H,2-6,10-13,32H2,1H3. The van der Waals surface area contributed by atoms with Gasteiger partial charge in [-0.25, -0.2) is 18.7 Å². The Balaban J connectivity index is 1.35. The fraction of sp³-hybridized carbons (Fsp3) is 0.429. The molecule has 7 rings (SSSR count). The van der Waals surface area contributed by atoms with Gasteiger partial charge >= 0.3 is 0 Å². The van der Waals surface area contributed by atoms with Gasteiger partial charge < -0.3 is 24.8 Å². The van der Waals surface area contributed by atoms with E-state index in [1.807, 2.05) is 11.0 Å². The normalized spacial score (nSPS) is 21.5. The van der Waals surface area contributed by atoms with E-state index in [9.17, 15) is 9.65 Å². The quantitative estimate of drug-likeness (QED) is 0.384. The van der Waals surface area contributed by atoms with Crippen LogP contribution in [0, 0.1) is 23.0 Å². The van der Waals surface area contributed by atoms with E-state index in [1.165, 1.54) is 0 Å². The van der Waals surface area contributed by atoms with Crippen molar-refractivity contribution in [3.8, 4) is 17.3 Å². The van der Waals surface area contributed by atoms with Crippen LogP contribution in [-0.4, -0.2) is 78.5 Å². The summed E-state index contributed by atoms with van der Waals surface area (Å²) in [5.41, 5.74) is 7.88. The summed E-state index contributed by atoms with van der Waals surface area (Å²) < 4.78 is 48.8. The number of rotatable bonds is 4. The van der Waals surface area contributed by atoms with Gasteiger partial charge in [0.2, 0.25) is 5.95 Å². The number of hydrogen-bond donors (Lipinski definition) is 1. The van der Waals surface area contributed by atoms with E-state index in [0.29, 0.717) is 36.6 Å². The van der Waals surface area contributed by atoms with Crippen molar-refractivity contribution in [3.05, 3.63) is 40.7 Å². The largest absolute Gasteiger partial charge is 0.389 e. The molecule has 1 aromatic carbocycles. The number of nitrogens with two attached hydrogens (primary N) is 1. The maximum Gasteiger partial charge on any atom is 0.226 e. The molecule has 0 aliphatic carbocycles. The summed E-state index contributed by atoms with van der Waals surface area (Å²) in [6, 6.07) is 2.16. The lowest BCUT2D eigenvalue weighted by Gasteiger charge is -2.29. The molecule has 13 heteroatoms. The molecule has 2 atom stereocenters. The Morgan fingerprint density at radius 1 is 1.12 bits per heavy atom. The van der Waals surface area contributed by atoms with E-state index >= 15 is 4.39 Å². The van der Waals surface area contributed by atoms with Crippen molar-refractivity contribution in [2.24, 2.45) is 0 Å². The first-order valence-electron chi connectivity index (χ1n) is 13.4. The molecule has 0 saturated carbocycles. The molecule has 212 valence electrons. The maximum absolute atomic E-state index is 16.6. The molecule has 10 nitrogen and oxygen atoms in total. The number of aromatic nitrogens is 3. The molecular formula is C28H27F2N7O3S. The van der Waals surface area contributed by atoms with Crippen molar-refractivity contribution >= 4 is 43.3 Å². The summed E-state index contributed by atoms with van der Waals surface area (Å²) in [5, 5.41) is 10.7. The van der Waals surface area contributed by atoms with Crippen molar-refractivity contribution in [1.82, 2.24) is 19.9 Å². The minimum atomic E-state index is -0.620. The van der Waals surface area contributed by atoms with E-state index in [0.717, 1.165) is 49.2 Å². The number of ether oxygens (including phenoxy) is 3. The zero-order valence-electron chi connectivity index (χ0n) is 22.3. The topological polar surface area (TPSA) is 123 Å². The maximum atomic E-state index is 16.6. The molecule has 2 saturated heterocycles. The predicted octanol–water partition coefficient (Wildman–Crippen LogP) is 3.59. The average molecular weight is 580 g/mol. The van der Waals surface area contributed by atoms with Crippen molar-refractivity contribution in [2.45, 2.75) is 31.8 Å². The smallest absolute Gasteiger partial charge is 0.226 e. The summed E-state index contributed by atoms with van der Waals surface area (Å²) >= 11 is 0.947. The number of thiophene rings is 1. The number of benzene rings is 1. The summed E-state index contributed by atoms with van der Waals surface area (Å²) in [7, 11) is 1.70. The summed E-state index contributed by atoms with van der Waals surface area (Å²) in [6.45, 7) is 4.74. The third-order valence-corrected chi connectivity index (χ3v) is 9.31. The minimum absolute atomic E-state index is 0.0635. The number of hydrogen-bond acceptors (Lipinski definition) is 11. The minimum Gasteiger partial charge on any atom is -0.389 e. The second-order valence-electron chi connectivity index (χ2n) is 10.4. The first kappa shape index (κ1) is 26.4. The Morgan fingerprint density at radius 3 is 2.80 bits per heavy atom. The number of fused-ring (bicyclic) bond motifs is 4. The second-order valence-corrected chi connectivity index (χ2v) is 11.5. The zero-order valence-corrected chi connectivity index (χ0v) is 23.1. The molecule has 2 unspecified atom stereocenters. The van der Waals surface area contributed by atoms with Gasteiger partial charge in [0, 0.05) is 62.4 Å². The molecule has 0 spiro atoms. The van der Waals surface area contributed by atoms with Gasteiger partial charge in [-0.05, 0) is 17.5 Å². The first-order valence-corrected chi connectivity index (χ1v) is 14.3. The van der Waals surface area contributed by atoms with Crippen LogP contribution in [0.4, 0.5) is 19.7 Å². The number of anilines is 2. The lowest BCUT2D eigenvalue weighted by Crippen LogP contribution is -2.45. The number of nitrogen functional groups attached to an aromatic ring is 1. The van der Waals surface area contributed by atoms with Crippen molar-refractivity contribution < 1.29 is 23.0 Å². The molecule has 3 aromatic heterocycles. The Kier molecular flexibility index (Phi) is 6.67. The highest BCUT2D eigenvalue weighted by Gasteiger charge is 2.39. The number of nitriles is 1. The van der Waals surface area contributed by atoms with E-state index in [-0.39, 0.29) is 62.8 Å². The molecule has 0 radical (unpaired) electrons. The van der Waals surface area contributed by atoms with E-state index < -0.39 is 11.6 Å². The third kappa shape index (κ3) is 4.21. The third-order valence-electron chi connectivity index (χ3n) is 8.28. The van der Waals surface area contributed by atoms with Crippen LogP contribution in [0.5, 0.6) is 0 Å². The summed E-state index contributed by atoms with van der Waals surface area (Å²) in [5.74, 6) is -0.842. The first-order chi connectivity index (χ1) is 20.0. The fourth-order valence-corrected chi connectivity index (χ4v) is 7.21. The number of nitrogens with zero attached hydrogens (tertiary/aromatic N) is 6. The Bertz CT molecular complexity index is 1720. The summed E-state index contributed by atoms with van der Waals surface area (Å²) in [4.78, 5) is 18.1. The van der Waals surface area contributed by atoms with Crippen molar-refractivity contribution in [1.29, 1.82) is 5.26 Å². The van der Waals surface area contributed by atoms with Crippen LogP contribution in [0.2, 0.25) is 0 Å². The van der Waals surface area contributed by atoms with E-state index in [1.54, 1.807) is 13.3 Å². The molecule has 3 aliphatic rings. The van der Waals surface area contributed by atoms with E-state index in [2.05, 4.69) is 14.9 Å². The van der Waals surface area contributed by atoms with E-state index in [4.69, 9.17) is 24.9 Å². The van der Waals surface area contributed by atoms with Crippen molar-refractivity contribution in [3.63, 3.8) is 0 Å². The highest BCUT2D eigenvalue weighted by Crippen LogP contribution is 2.45. The van der Waals surface area contributed by atoms with Gasteiger partial charge in [-0.2, -0.15) is 5.26 Å². The van der Waals surface area contributed by atoms with Gasteiger partial charge in [-0.1, -0.05) is 0 Å². The van der Waals surface area contributed by atoms with Crippen LogP contribution in [0.1, 0.15) is 23.1 Å². The second kappa shape index (κ2) is 10.4. The molecular weight excluding hydrogens is 552 g/mol. The molecule has 6 heterocycles. The number of methoxy groups -OCH3 is 1. The fourth-order valence-electron chi connectivity index (χ4n) is 6.29. The molecule has 2 fully saturated rings. The van der Waals surface area contributed by atoms with Gasteiger partial charge in [0.25, 0.3) is 0 Å². The highest BCUT2D eigenvalue weighted by atomic mass is 32.1. The molecule has 3 aliphatic heterocycles. The lowest BCUT2D eigenvalue weighted by atomic mass is 9.94. The van der Waals surface area contributed by atoms with Gasteiger partial charge in [0.05, 0.1) is 54.1 Å².